The Hall–Kier alpha value is -4.28. The fourth-order valence-corrected chi connectivity index (χ4v) is 4.21. The highest BCUT2D eigenvalue weighted by molar-refractivity contribution is 6.07. The minimum absolute atomic E-state index is 0.0276. The molecule has 0 unspecified atom stereocenters. The van der Waals surface area contributed by atoms with Crippen LogP contribution in [-0.2, 0) is 27.3 Å². The van der Waals surface area contributed by atoms with Gasteiger partial charge in [-0.05, 0) is 38.8 Å². The van der Waals surface area contributed by atoms with Crippen LogP contribution in [0.2, 0.25) is 0 Å². The first-order valence-corrected chi connectivity index (χ1v) is 11.8. The molecule has 4 aromatic rings. The molecule has 0 amide bonds. The molecule has 0 bridgehead atoms. The minimum atomic E-state index is -0.574. The maximum atomic E-state index is 13.0. The highest BCUT2D eigenvalue weighted by Crippen LogP contribution is 2.35. The number of esters is 2. The lowest BCUT2D eigenvalue weighted by molar-refractivity contribution is -0.145. The fraction of sp³-hybridized carbons (Fsp3) is 0.360. The number of rotatable bonds is 8. The average molecular weight is 492 g/mol. The molecular formula is C25H25N5O6. The van der Waals surface area contributed by atoms with Gasteiger partial charge in [-0.25, -0.2) is 14.8 Å². The van der Waals surface area contributed by atoms with Crippen molar-refractivity contribution in [1.82, 2.24) is 19.5 Å². The van der Waals surface area contributed by atoms with Gasteiger partial charge in [0.05, 0.1) is 29.3 Å². The molecule has 186 valence electrons. The van der Waals surface area contributed by atoms with Crippen molar-refractivity contribution in [3.8, 4) is 0 Å². The molecule has 1 fully saturated rings. The number of fused-ring (bicyclic) bond motifs is 2. The van der Waals surface area contributed by atoms with Crippen molar-refractivity contribution in [2.24, 2.45) is 0 Å². The van der Waals surface area contributed by atoms with E-state index in [0.29, 0.717) is 22.5 Å². The van der Waals surface area contributed by atoms with Gasteiger partial charge in [0.25, 0.3) is 5.56 Å². The average Bonchev–Trinajstić information content (AvgIpc) is 3.62. The number of ether oxygens (including phenoxy) is 2. The Bertz CT molecular complexity index is 1550. The lowest BCUT2D eigenvalue weighted by Gasteiger charge is -2.12. The monoisotopic (exact) mass is 491 g/mol. The summed E-state index contributed by atoms with van der Waals surface area (Å²) in [6, 6.07) is 7.32. The number of hydrogen-bond acceptors (Lipinski definition) is 10. The number of benzene rings is 1. The third-order valence-corrected chi connectivity index (χ3v) is 5.99. The van der Waals surface area contributed by atoms with Crippen molar-refractivity contribution in [2.45, 2.75) is 52.2 Å². The molecule has 1 aliphatic rings. The van der Waals surface area contributed by atoms with Crippen LogP contribution in [0.4, 0.5) is 5.82 Å². The molecule has 3 heterocycles. The van der Waals surface area contributed by atoms with Gasteiger partial charge in [0.2, 0.25) is 5.71 Å². The van der Waals surface area contributed by atoms with Crippen LogP contribution < -0.4 is 11.3 Å². The van der Waals surface area contributed by atoms with Crippen LogP contribution in [0.15, 0.2) is 33.5 Å². The first-order chi connectivity index (χ1) is 17.4. The number of carbonyl (C=O) groups excluding carboxylic acids is 2. The second-order valence-electron chi connectivity index (χ2n) is 8.57. The molecule has 11 heteroatoms. The van der Waals surface area contributed by atoms with E-state index in [1.807, 2.05) is 12.1 Å². The van der Waals surface area contributed by atoms with E-state index >= 15 is 0 Å². The molecule has 36 heavy (non-hydrogen) atoms. The maximum absolute atomic E-state index is 13.0. The highest BCUT2D eigenvalue weighted by Gasteiger charge is 2.28. The van der Waals surface area contributed by atoms with Gasteiger partial charge in [-0.1, -0.05) is 12.1 Å². The van der Waals surface area contributed by atoms with Gasteiger partial charge in [-0.2, -0.15) is 4.98 Å². The highest BCUT2D eigenvalue weighted by atomic mass is 16.5. The molecule has 0 spiro atoms. The summed E-state index contributed by atoms with van der Waals surface area (Å²) >= 11 is 0. The topological polar surface area (TPSA) is 152 Å². The van der Waals surface area contributed by atoms with Gasteiger partial charge in [0.15, 0.2) is 12.4 Å². The number of hydrogen-bond donors (Lipinski definition) is 1. The van der Waals surface area contributed by atoms with Crippen molar-refractivity contribution in [1.29, 1.82) is 0 Å². The summed E-state index contributed by atoms with van der Waals surface area (Å²) in [5.74, 6) is -0.0307. The Labute approximate surface area is 205 Å². The molecule has 0 aliphatic heterocycles. The largest absolute Gasteiger partial charge is 0.462 e. The van der Waals surface area contributed by atoms with Crippen LogP contribution in [0.25, 0.3) is 22.0 Å². The smallest absolute Gasteiger partial charge is 0.342 e. The van der Waals surface area contributed by atoms with Crippen LogP contribution in [0, 0.1) is 6.92 Å². The molecule has 0 saturated heterocycles. The van der Waals surface area contributed by atoms with E-state index in [9.17, 15) is 14.4 Å². The van der Waals surface area contributed by atoms with Gasteiger partial charge >= 0.3 is 11.9 Å². The summed E-state index contributed by atoms with van der Waals surface area (Å²) in [6.07, 6.45) is 2.13. The molecular weight excluding hydrogens is 466 g/mol. The number of carbonyl (C=O) groups is 2. The maximum Gasteiger partial charge on any atom is 0.342 e. The van der Waals surface area contributed by atoms with Crippen molar-refractivity contribution < 1.29 is 23.5 Å². The molecule has 2 N–H and O–H groups in total. The van der Waals surface area contributed by atoms with Gasteiger partial charge in [0.1, 0.15) is 23.0 Å². The number of para-hydroxylation sites is 1. The minimum Gasteiger partial charge on any atom is -0.462 e. The molecule has 1 saturated carbocycles. The van der Waals surface area contributed by atoms with Crippen molar-refractivity contribution in [3.63, 3.8) is 0 Å². The summed E-state index contributed by atoms with van der Waals surface area (Å²) in [5.41, 5.74) is 6.87. The zero-order chi connectivity index (χ0) is 25.4. The van der Waals surface area contributed by atoms with E-state index in [-0.39, 0.29) is 66.0 Å². The SMILES string of the molecule is CCOC(=O)c1c(C)oc2nc(COC(=O)CCc3nc4ccccc4c(=O)n3C3CC3)nc(N)c12. The quantitative estimate of drug-likeness (QED) is 0.364. The van der Waals surface area contributed by atoms with Gasteiger partial charge in [0, 0.05) is 12.5 Å². The second kappa shape index (κ2) is 9.40. The van der Waals surface area contributed by atoms with Crippen LogP contribution in [-0.4, -0.2) is 38.1 Å². The first-order valence-electron chi connectivity index (χ1n) is 11.8. The Morgan fingerprint density at radius 3 is 2.69 bits per heavy atom. The summed E-state index contributed by atoms with van der Waals surface area (Å²) in [5, 5.41) is 0.835. The number of anilines is 1. The Morgan fingerprint density at radius 1 is 1.17 bits per heavy atom. The molecule has 0 radical (unpaired) electrons. The normalized spacial score (nSPS) is 13.3. The van der Waals surface area contributed by atoms with Gasteiger partial charge in [-0.3, -0.25) is 14.2 Å². The number of nitrogens with two attached hydrogens (primary N) is 1. The van der Waals surface area contributed by atoms with E-state index < -0.39 is 11.9 Å². The number of nitrogen functional groups attached to an aromatic ring is 1. The second-order valence-corrected chi connectivity index (χ2v) is 8.57. The van der Waals surface area contributed by atoms with Crippen LogP contribution in [0.5, 0.6) is 0 Å². The van der Waals surface area contributed by atoms with Crippen LogP contribution >= 0.6 is 0 Å². The fourth-order valence-electron chi connectivity index (χ4n) is 4.21. The number of aromatic nitrogens is 4. The molecule has 1 aromatic carbocycles. The Balaban J connectivity index is 1.29. The predicted molar refractivity (Wildman–Crippen MR) is 129 cm³/mol. The third kappa shape index (κ3) is 4.39. The Kier molecular flexibility index (Phi) is 6.13. The van der Waals surface area contributed by atoms with E-state index in [2.05, 4.69) is 15.0 Å². The zero-order valence-electron chi connectivity index (χ0n) is 19.9. The lowest BCUT2D eigenvalue weighted by atomic mass is 10.2. The van der Waals surface area contributed by atoms with Gasteiger partial charge < -0.3 is 19.6 Å². The van der Waals surface area contributed by atoms with E-state index in [1.165, 1.54) is 0 Å². The zero-order valence-corrected chi connectivity index (χ0v) is 19.9. The number of furan rings is 1. The van der Waals surface area contributed by atoms with E-state index in [1.54, 1.807) is 30.5 Å². The van der Waals surface area contributed by atoms with Crippen LogP contribution in [0.3, 0.4) is 0 Å². The van der Waals surface area contributed by atoms with E-state index in [0.717, 1.165) is 12.8 Å². The first kappa shape index (κ1) is 23.5. The number of aryl methyl sites for hydroxylation is 2. The molecule has 3 aromatic heterocycles. The molecule has 1 aliphatic carbocycles. The summed E-state index contributed by atoms with van der Waals surface area (Å²) < 4.78 is 17.7. The summed E-state index contributed by atoms with van der Waals surface area (Å²) in [4.78, 5) is 50.8. The molecule has 0 atom stereocenters. The molecule has 5 rings (SSSR count). The number of nitrogens with zero attached hydrogens (tertiary/aromatic N) is 4. The Morgan fingerprint density at radius 2 is 1.94 bits per heavy atom. The summed E-state index contributed by atoms with van der Waals surface area (Å²) in [7, 11) is 0. The van der Waals surface area contributed by atoms with Crippen molar-refractivity contribution in [2.75, 3.05) is 12.3 Å². The van der Waals surface area contributed by atoms with Crippen molar-refractivity contribution in [3.05, 3.63) is 57.6 Å². The van der Waals surface area contributed by atoms with Gasteiger partial charge in [-0.15, -0.1) is 0 Å². The summed E-state index contributed by atoms with van der Waals surface area (Å²) in [6.45, 7) is 3.28. The third-order valence-electron chi connectivity index (χ3n) is 5.99. The van der Waals surface area contributed by atoms with Crippen molar-refractivity contribution >= 4 is 39.8 Å². The standard InChI is InChI=1S/C25H25N5O6/c1-3-34-25(33)20-13(2)36-23-21(20)22(26)28-17(29-23)12-35-19(31)11-10-18-27-16-7-5-4-6-15(16)24(32)30(18)14-8-9-14/h4-7,14H,3,8-12H2,1-2H3,(H2,26,28,29). The predicted octanol–water partition coefficient (Wildman–Crippen LogP) is 3.01. The van der Waals surface area contributed by atoms with E-state index in [4.69, 9.17) is 19.6 Å². The molecule has 11 nitrogen and oxygen atoms in total. The van der Waals surface area contributed by atoms with Crippen LogP contribution in [0.1, 0.15) is 60.0 Å². The lowest BCUT2D eigenvalue weighted by Crippen LogP contribution is -2.25.